The number of imidazole rings is 1. The molecule has 0 aliphatic carbocycles. The molecule has 8 nitrogen and oxygen atoms in total. The lowest BCUT2D eigenvalue weighted by Gasteiger charge is -2.28. The molecule has 1 N–H and O–H groups in total. The summed E-state index contributed by atoms with van der Waals surface area (Å²) in [6, 6.07) is 10.1. The largest absolute Gasteiger partial charge is 0.354 e. The Morgan fingerprint density at radius 1 is 1.16 bits per heavy atom. The predicted octanol–water partition coefficient (Wildman–Crippen LogP) is 2.03. The summed E-state index contributed by atoms with van der Waals surface area (Å²) in [7, 11) is 1.63. The third-order valence-electron chi connectivity index (χ3n) is 6.34. The van der Waals surface area contributed by atoms with Crippen LogP contribution in [0.15, 0.2) is 42.7 Å². The fourth-order valence-corrected chi connectivity index (χ4v) is 4.95. The van der Waals surface area contributed by atoms with Gasteiger partial charge in [-0.3, -0.25) is 14.3 Å². The summed E-state index contributed by atoms with van der Waals surface area (Å²) in [5.74, 6) is 0.683. The number of amides is 2. The smallest absolute Gasteiger partial charge is 0.271 e. The zero-order chi connectivity index (χ0) is 21.5. The highest BCUT2D eigenvalue weighted by atomic mass is 16.2. The first-order valence-electron chi connectivity index (χ1n) is 10.7. The van der Waals surface area contributed by atoms with Crippen molar-refractivity contribution in [2.75, 3.05) is 7.05 Å². The number of carbonyl (C=O) groups excluding carboxylic acids is 2. The van der Waals surface area contributed by atoms with Crippen LogP contribution in [0, 0.1) is 6.92 Å². The number of rotatable bonds is 4. The van der Waals surface area contributed by atoms with Crippen LogP contribution in [0.25, 0.3) is 11.4 Å². The molecule has 160 valence electrons. The molecular weight excluding hydrogens is 392 g/mol. The molecular formula is C23H26N6O2. The van der Waals surface area contributed by atoms with E-state index in [1.54, 1.807) is 17.9 Å². The van der Waals surface area contributed by atoms with Gasteiger partial charge in [-0.2, -0.15) is 5.10 Å². The van der Waals surface area contributed by atoms with Crippen molar-refractivity contribution in [1.82, 2.24) is 29.5 Å². The Kier molecular flexibility index (Phi) is 4.84. The van der Waals surface area contributed by atoms with Gasteiger partial charge in [0.25, 0.3) is 5.91 Å². The Balaban J connectivity index is 1.51. The Morgan fingerprint density at radius 2 is 1.94 bits per heavy atom. The molecule has 3 aromatic rings. The van der Waals surface area contributed by atoms with Crippen molar-refractivity contribution in [2.45, 2.75) is 51.4 Å². The van der Waals surface area contributed by atoms with Crippen LogP contribution >= 0.6 is 0 Å². The van der Waals surface area contributed by atoms with Crippen LogP contribution in [0.2, 0.25) is 0 Å². The van der Waals surface area contributed by atoms with Crippen LogP contribution in [-0.2, 0) is 24.3 Å². The number of hydrogen-bond acceptors (Lipinski definition) is 4. The molecule has 0 unspecified atom stereocenters. The Bertz CT molecular complexity index is 1130. The normalized spacial score (nSPS) is 19.7. The highest BCUT2D eigenvalue weighted by molar-refractivity contribution is 5.94. The fourth-order valence-electron chi connectivity index (χ4n) is 4.95. The SMILES string of the molecule is CNC(=O)c1nc(-c2ccccc2)n2c1C[C@@H]1CC[C@H](C2)N1C(=O)Cn1cc(C)cn1. The minimum absolute atomic E-state index is 0.0686. The molecule has 1 saturated heterocycles. The molecule has 2 amide bonds. The molecule has 31 heavy (non-hydrogen) atoms. The van der Waals surface area contributed by atoms with Crippen molar-refractivity contribution in [3.05, 3.63) is 59.7 Å². The van der Waals surface area contributed by atoms with E-state index in [-0.39, 0.29) is 30.4 Å². The van der Waals surface area contributed by atoms with Crippen LogP contribution < -0.4 is 5.32 Å². The van der Waals surface area contributed by atoms with E-state index in [1.807, 2.05) is 48.4 Å². The van der Waals surface area contributed by atoms with Crippen molar-refractivity contribution in [1.29, 1.82) is 0 Å². The molecule has 2 aromatic heterocycles. The highest BCUT2D eigenvalue weighted by Gasteiger charge is 2.42. The second-order valence-corrected chi connectivity index (χ2v) is 8.39. The van der Waals surface area contributed by atoms with E-state index >= 15 is 0 Å². The van der Waals surface area contributed by atoms with Gasteiger partial charge < -0.3 is 14.8 Å². The van der Waals surface area contributed by atoms with Crippen molar-refractivity contribution in [3.63, 3.8) is 0 Å². The van der Waals surface area contributed by atoms with Gasteiger partial charge in [0.1, 0.15) is 18.1 Å². The van der Waals surface area contributed by atoms with Gasteiger partial charge in [-0.1, -0.05) is 30.3 Å². The standard InChI is InChI=1S/C23H26N6O2/c1-15-11-25-27(12-15)14-20(30)29-17-8-9-18(29)13-28-19(10-17)21(23(31)24-2)26-22(28)16-6-4-3-5-7-16/h3-7,11-12,17-18H,8-10,13-14H2,1-2H3,(H,24,31)/t17-,18+/m0/s1. The summed E-state index contributed by atoms with van der Waals surface area (Å²) in [4.78, 5) is 32.7. The summed E-state index contributed by atoms with van der Waals surface area (Å²) in [6.07, 6.45) is 6.18. The maximum atomic E-state index is 13.3. The van der Waals surface area contributed by atoms with Gasteiger partial charge in [0.15, 0.2) is 0 Å². The number of fused-ring (bicyclic) bond motifs is 3. The molecule has 2 aliphatic heterocycles. The molecule has 2 atom stereocenters. The topological polar surface area (TPSA) is 85.0 Å². The number of carbonyl (C=O) groups is 2. The molecule has 2 bridgehead atoms. The van der Waals surface area contributed by atoms with Crippen molar-refractivity contribution in [3.8, 4) is 11.4 Å². The van der Waals surface area contributed by atoms with Gasteiger partial charge in [0.2, 0.25) is 5.91 Å². The van der Waals surface area contributed by atoms with Gasteiger partial charge in [-0.05, 0) is 25.3 Å². The van der Waals surface area contributed by atoms with E-state index in [9.17, 15) is 9.59 Å². The molecule has 5 rings (SSSR count). The number of nitrogens with one attached hydrogen (secondary N) is 1. The molecule has 1 fully saturated rings. The lowest BCUT2D eigenvalue weighted by molar-refractivity contribution is -0.134. The number of aromatic nitrogens is 4. The Morgan fingerprint density at radius 3 is 2.65 bits per heavy atom. The average molecular weight is 419 g/mol. The summed E-state index contributed by atoms with van der Waals surface area (Å²) < 4.78 is 3.86. The van der Waals surface area contributed by atoms with Crippen LogP contribution in [0.4, 0.5) is 0 Å². The second-order valence-electron chi connectivity index (χ2n) is 8.39. The first-order valence-corrected chi connectivity index (χ1v) is 10.7. The van der Waals surface area contributed by atoms with E-state index < -0.39 is 0 Å². The first kappa shape index (κ1) is 19.5. The van der Waals surface area contributed by atoms with Crippen LogP contribution in [-0.4, -0.2) is 55.2 Å². The summed E-state index contributed by atoms with van der Waals surface area (Å²) in [5.41, 5.74) is 3.39. The van der Waals surface area contributed by atoms with E-state index in [0.29, 0.717) is 18.7 Å². The molecule has 4 heterocycles. The van der Waals surface area contributed by atoms with E-state index in [0.717, 1.165) is 35.5 Å². The van der Waals surface area contributed by atoms with Crippen LogP contribution in [0.3, 0.4) is 0 Å². The van der Waals surface area contributed by atoms with E-state index in [4.69, 9.17) is 4.98 Å². The van der Waals surface area contributed by atoms with Crippen molar-refractivity contribution >= 4 is 11.8 Å². The van der Waals surface area contributed by atoms with Gasteiger partial charge in [0, 0.05) is 37.8 Å². The maximum Gasteiger partial charge on any atom is 0.271 e. The third kappa shape index (κ3) is 3.41. The lowest BCUT2D eigenvalue weighted by atomic mass is 10.1. The van der Waals surface area contributed by atoms with E-state index in [2.05, 4.69) is 15.0 Å². The molecule has 2 aliphatic rings. The third-order valence-corrected chi connectivity index (χ3v) is 6.34. The Labute approximate surface area is 180 Å². The number of hydrogen-bond donors (Lipinski definition) is 1. The molecule has 0 saturated carbocycles. The van der Waals surface area contributed by atoms with E-state index in [1.165, 1.54) is 0 Å². The quantitative estimate of drug-likeness (QED) is 0.703. The predicted molar refractivity (Wildman–Crippen MR) is 115 cm³/mol. The molecule has 0 spiro atoms. The second kappa shape index (κ2) is 7.68. The zero-order valence-electron chi connectivity index (χ0n) is 17.8. The van der Waals surface area contributed by atoms with Gasteiger partial charge in [0.05, 0.1) is 17.9 Å². The zero-order valence-corrected chi connectivity index (χ0v) is 17.8. The number of benzene rings is 1. The summed E-state index contributed by atoms with van der Waals surface area (Å²) in [6.45, 7) is 2.85. The lowest BCUT2D eigenvalue weighted by Crippen LogP contribution is -2.43. The molecule has 1 aromatic carbocycles. The van der Waals surface area contributed by atoms with Crippen molar-refractivity contribution < 1.29 is 9.59 Å². The highest BCUT2D eigenvalue weighted by Crippen LogP contribution is 2.35. The number of nitrogens with zero attached hydrogens (tertiary/aromatic N) is 5. The first-order chi connectivity index (χ1) is 15.0. The van der Waals surface area contributed by atoms with Gasteiger partial charge in [-0.25, -0.2) is 4.98 Å². The average Bonchev–Trinajstić information content (AvgIpc) is 3.43. The van der Waals surface area contributed by atoms with Crippen molar-refractivity contribution in [2.24, 2.45) is 0 Å². The fraction of sp³-hybridized carbons (Fsp3) is 0.391. The minimum Gasteiger partial charge on any atom is -0.354 e. The summed E-state index contributed by atoms with van der Waals surface area (Å²) >= 11 is 0. The molecule has 8 heteroatoms. The maximum absolute atomic E-state index is 13.3. The van der Waals surface area contributed by atoms with Gasteiger partial charge in [-0.15, -0.1) is 0 Å². The van der Waals surface area contributed by atoms with Crippen LogP contribution in [0.5, 0.6) is 0 Å². The van der Waals surface area contributed by atoms with Crippen LogP contribution in [0.1, 0.15) is 34.6 Å². The minimum atomic E-state index is -0.186. The summed E-state index contributed by atoms with van der Waals surface area (Å²) in [5, 5.41) is 7.00. The Hall–Kier alpha value is -3.42. The number of aryl methyl sites for hydroxylation is 1. The van der Waals surface area contributed by atoms with Gasteiger partial charge >= 0.3 is 0 Å². The molecule has 0 radical (unpaired) electrons. The monoisotopic (exact) mass is 418 g/mol.